The van der Waals surface area contributed by atoms with Gasteiger partial charge in [-0.2, -0.15) is 4.31 Å². The summed E-state index contributed by atoms with van der Waals surface area (Å²) in [5, 5.41) is 4.74. The van der Waals surface area contributed by atoms with Gasteiger partial charge in [-0.05, 0) is 24.6 Å². The lowest BCUT2D eigenvalue weighted by Gasteiger charge is -2.34. The molecule has 1 saturated heterocycles. The van der Waals surface area contributed by atoms with Crippen LogP contribution >= 0.6 is 23.2 Å². The van der Waals surface area contributed by atoms with Gasteiger partial charge in [-0.15, -0.1) is 0 Å². The van der Waals surface area contributed by atoms with Crippen LogP contribution in [0.25, 0.3) is 11.3 Å². The molecular formula is C22H21Cl2N3O4S. The van der Waals surface area contributed by atoms with E-state index in [-0.39, 0.29) is 49.1 Å². The number of hydrogen-bond acceptors (Lipinski definition) is 5. The van der Waals surface area contributed by atoms with Gasteiger partial charge < -0.3 is 9.42 Å². The van der Waals surface area contributed by atoms with Crippen LogP contribution in [0.3, 0.4) is 0 Å². The van der Waals surface area contributed by atoms with Gasteiger partial charge in [-0.25, -0.2) is 8.42 Å². The Morgan fingerprint density at radius 2 is 1.62 bits per heavy atom. The van der Waals surface area contributed by atoms with Crippen molar-refractivity contribution >= 4 is 39.1 Å². The molecule has 0 atom stereocenters. The number of rotatable bonds is 5. The van der Waals surface area contributed by atoms with Crippen LogP contribution in [0.1, 0.15) is 21.7 Å². The van der Waals surface area contributed by atoms with Gasteiger partial charge in [-0.3, -0.25) is 4.79 Å². The van der Waals surface area contributed by atoms with Gasteiger partial charge in [0.25, 0.3) is 5.91 Å². The molecule has 0 N–H and O–H groups in total. The molecule has 2 aromatic carbocycles. The Balaban J connectivity index is 1.51. The molecule has 1 aliphatic rings. The summed E-state index contributed by atoms with van der Waals surface area (Å²) in [5.74, 6) is -0.0169. The largest absolute Gasteiger partial charge is 0.360 e. The molecule has 1 aliphatic heterocycles. The number of nitrogens with zero attached hydrogens (tertiary/aromatic N) is 3. The number of hydrogen-bond donors (Lipinski definition) is 0. The van der Waals surface area contributed by atoms with Crippen LogP contribution in [-0.4, -0.2) is 54.9 Å². The first-order chi connectivity index (χ1) is 15.3. The van der Waals surface area contributed by atoms with Crippen LogP contribution in [0.5, 0.6) is 0 Å². The Bertz CT molecular complexity index is 1220. The summed E-state index contributed by atoms with van der Waals surface area (Å²) in [5.41, 5.74) is 1.72. The minimum absolute atomic E-state index is 0.0678. The van der Waals surface area contributed by atoms with Gasteiger partial charge in [0, 0.05) is 31.7 Å². The van der Waals surface area contributed by atoms with E-state index in [4.69, 9.17) is 27.7 Å². The summed E-state index contributed by atoms with van der Waals surface area (Å²) in [6.45, 7) is 2.59. The molecule has 2 heterocycles. The molecule has 32 heavy (non-hydrogen) atoms. The number of sulfonamides is 1. The van der Waals surface area contributed by atoms with Gasteiger partial charge in [-0.1, -0.05) is 64.8 Å². The molecule has 0 bridgehead atoms. The van der Waals surface area contributed by atoms with Crippen molar-refractivity contribution in [2.45, 2.75) is 12.7 Å². The molecule has 0 radical (unpaired) electrons. The van der Waals surface area contributed by atoms with Gasteiger partial charge >= 0.3 is 0 Å². The number of piperazine rings is 1. The monoisotopic (exact) mass is 493 g/mol. The molecule has 3 aromatic rings. The molecule has 10 heteroatoms. The van der Waals surface area contributed by atoms with Gasteiger partial charge in [0.2, 0.25) is 10.0 Å². The highest BCUT2D eigenvalue weighted by Gasteiger charge is 2.33. The Labute approximate surface area is 196 Å². The smallest absolute Gasteiger partial charge is 0.259 e. The van der Waals surface area contributed by atoms with Crippen LogP contribution in [0.2, 0.25) is 10.0 Å². The molecule has 1 fully saturated rings. The first-order valence-corrected chi connectivity index (χ1v) is 12.4. The number of benzene rings is 2. The van der Waals surface area contributed by atoms with Crippen molar-refractivity contribution in [3.05, 3.63) is 75.5 Å². The second-order valence-corrected chi connectivity index (χ2v) is 10.3. The number of halogens is 2. The van der Waals surface area contributed by atoms with E-state index >= 15 is 0 Å². The van der Waals surface area contributed by atoms with Crippen LogP contribution in [0.15, 0.2) is 53.1 Å². The quantitative estimate of drug-likeness (QED) is 0.530. The maximum atomic E-state index is 13.3. The van der Waals surface area contributed by atoms with E-state index in [1.807, 2.05) is 18.2 Å². The summed E-state index contributed by atoms with van der Waals surface area (Å²) < 4.78 is 32.3. The molecule has 168 valence electrons. The molecule has 1 aromatic heterocycles. The Kier molecular flexibility index (Phi) is 6.57. The van der Waals surface area contributed by atoms with E-state index in [2.05, 4.69) is 5.16 Å². The van der Waals surface area contributed by atoms with Crippen molar-refractivity contribution in [3.8, 4) is 11.3 Å². The normalized spacial score (nSPS) is 15.2. The first kappa shape index (κ1) is 22.8. The van der Waals surface area contributed by atoms with Gasteiger partial charge in [0.1, 0.15) is 17.0 Å². The topological polar surface area (TPSA) is 83.7 Å². The molecule has 4 rings (SSSR count). The zero-order chi connectivity index (χ0) is 22.9. The van der Waals surface area contributed by atoms with E-state index in [0.29, 0.717) is 21.4 Å². The lowest BCUT2D eigenvalue weighted by Crippen LogP contribution is -2.50. The van der Waals surface area contributed by atoms with E-state index in [0.717, 1.165) is 5.56 Å². The lowest BCUT2D eigenvalue weighted by atomic mass is 10.0. The molecule has 0 spiro atoms. The molecule has 1 amide bonds. The fraction of sp³-hybridized carbons (Fsp3) is 0.273. The molecule has 7 nitrogen and oxygen atoms in total. The SMILES string of the molecule is Cc1onc(-c2c(Cl)cccc2Cl)c1C(=O)N1CCN(S(=O)(=O)Cc2ccccc2)CC1. The molecular weight excluding hydrogens is 473 g/mol. The molecule has 0 aliphatic carbocycles. The van der Waals surface area contributed by atoms with Crippen molar-refractivity contribution in [2.75, 3.05) is 26.2 Å². The zero-order valence-electron chi connectivity index (χ0n) is 17.3. The van der Waals surface area contributed by atoms with E-state index < -0.39 is 10.0 Å². The standard InChI is InChI=1S/C22H21Cl2N3O4S/c1-15-19(21(25-31-15)20-17(23)8-5-9-18(20)24)22(28)26-10-12-27(13-11-26)32(29,30)14-16-6-3-2-4-7-16/h2-9H,10-14H2,1H3. The van der Waals surface area contributed by atoms with Gasteiger partial charge in [0.05, 0.1) is 15.8 Å². The van der Waals surface area contributed by atoms with Crippen molar-refractivity contribution < 1.29 is 17.7 Å². The number of carbonyl (C=O) groups is 1. The summed E-state index contributed by atoms with van der Waals surface area (Å²) in [6, 6.07) is 14.1. The van der Waals surface area contributed by atoms with Crippen molar-refractivity contribution in [1.29, 1.82) is 0 Å². The van der Waals surface area contributed by atoms with E-state index in [1.54, 1.807) is 42.2 Å². The highest BCUT2D eigenvalue weighted by molar-refractivity contribution is 7.88. The third kappa shape index (κ3) is 4.54. The van der Waals surface area contributed by atoms with Crippen LogP contribution < -0.4 is 0 Å². The third-order valence-electron chi connectivity index (χ3n) is 5.39. The first-order valence-electron chi connectivity index (χ1n) is 9.99. The molecule has 0 saturated carbocycles. The van der Waals surface area contributed by atoms with Crippen molar-refractivity contribution in [2.24, 2.45) is 0 Å². The van der Waals surface area contributed by atoms with Crippen molar-refractivity contribution in [1.82, 2.24) is 14.4 Å². The van der Waals surface area contributed by atoms with E-state index in [1.165, 1.54) is 4.31 Å². The zero-order valence-corrected chi connectivity index (χ0v) is 19.6. The van der Waals surface area contributed by atoms with Crippen LogP contribution in [-0.2, 0) is 15.8 Å². The summed E-state index contributed by atoms with van der Waals surface area (Å²) in [6.07, 6.45) is 0. The Hall–Kier alpha value is -2.39. The maximum absolute atomic E-state index is 13.3. The highest BCUT2D eigenvalue weighted by atomic mass is 35.5. The van der Waals surface area contributed by atoms with E-state index in [9.17, 15) is 13.2 Å². The Morgan fingerprint density at radius 3 is 2.25 bits per heavy atom. The average molecular weight is 494 g/mol. The maximum Gasteiger partial charge on any atom is 0.259 e. The predicted molar refractivity (Wildman–Crippen MR) is 123 cm³/mol. The lowest BCUT2D eigenvalue weighted by molar-refractivity contribution is 0.0696. The van der Waals surface area contributed by atoms with Gasteiger partial charge in [0.15, 0.2) is 0 Å². The number of carbonyl (C=O) groups excluding carboxylic acids is 1. The number of amides is 1. The second-order valence-electron chi connectivity index (χ2n) is 7.49. The number of aromatic nitrogens is 1. The second kappa shape index (κ2) is 9.23. The van der Waals surface area contributed by atoms with Crippen LogP contribution in [0, 0.1) is 6.92 Å². The average Bonchev–Trinajstić information content (AvgIpc) is 3.14. The number of aryl methyl sites for hydroxylation is 1. The fourth-order valence-electron chi connectivity index (χ4n) is 3.72. The third-order valence-corrected chi connectivity index (χ3v) is 7.87. The van der Waals surface area contributed by atoms with Crippen molar-refractivity contribution in [3.63, 3.8) is 0 Å². The van der Waals surface area contributed by atoms with Crippen LogP contribution in [0.4, 0.5) is 0 Å². The summed E-state index contributed by atoms with van der Waals surface area (Å²) >= 11 is 12.6. The minimum atomic E-state index is -3.48. The molecule has 0 unspecified atom stereocenters. The minimum Gasteiger partial charge on any atom is -0.360 e. The summed E-state index contributed by atoms with van der Waals surface area (Å²) in [4.78, 5) is 14.9. The fourth-order valence-corrected chi connectivity index (χ4v) is 5.81. The Morgan fingerprint density at radius 1 is 1.00 bits per heavy atom. The highest BCUT2D eigenvalue weighted by Crippen LogP contribution is 2.37. The predicted octanol–water partition coefficient (Wildman–Crippen LogP) is 4.24. The summed E-state index contributed by atoms with van der Waals surface area (Å²) in [7, 11) is -3.48.